The molecule has 2 aromatic rings. The van der Waals surface area contributed by atoms with E-state index in [1.54, 1.807) is 11.7 Å². The number of hydrogen-bond donors (Lipinski definition) is 0. The summed E-state index contributed by atoms with van der Waals surface area (Å²) < 4.78 is 12.5. The van der Waals surface area contributed by atoms with E-state index in [1.807, 2.05) is 39.0 Å². The molecule has 0 unspecified atom stereocenters. The van der Waals surface area contributed by atoms with E-state index in [0.717, 1.165) is 34.4 Å². The number of aromatic nitrogens is 1. The third-order valence-electron chi connectivity index (χ3n) is 3.86. The van der Waals surface area contributed by atoms with Gasteiger partial charge in [0.2, 0.25) is 5.12 Å². The molecule has 6 heteroatoms. The van der Waals surface area contributed by atoms with E-state index in [9.17, 15) is 9.59 Å². The van der Waals surface area contributed by atoms with Crippen LogP contribution >= 0.6 is 11.8 Å². The number of aryl methyl sites for hydroxylation is 1. The summed E-state index contributed by atoms with van der Waals surface area (Å²) in [5.74, 6) is 1.15. The predicted molar refractivity (Wildman–Crippen MR) is 94.8 cm³/mol. The number of fused-ring (bicyclic) bond motifs is 3. The fraction of sp³-hybridized carbons (Fsp3) is 0.444. The number of thioether (sulfide) groups is 1. The number of methoxy groups -OCH3 is 1. The fourth-order valence-electron chi connectivity index (χ4n) is 3.00. The van der Waals surface area contributed by atoms with E-state index in [2.05, 4.69) is 0 Å². The normalized spacial score (nSPS) is 14.6. The van der Waals surface area contributed by atoms with Crippen LogP contribution < -0.4 is 4.74 Å². The van der Waals surface area contributed by atoms with E-state index in [-0.39, 0.29) is 17.6 Å². The molecule has 0 spiro atoms. The van der Waals surface area contributed by atoms with Crippen LogP contribution in [0.5, 0.6) is 5.75 Å². The minimum Gasteiger partial charge on any atom is -0.497 e. The van der Waals surface area contributed by atoms with Crippen LogP contribution in [-0.2, 0) is 22.5 Å². The quantitative estimate of drug-likeness (QED) is 0.796. The molecule has 0 saturated heterocycles. The largest absolute Gasteiger partial charge is 0.497 e. The number of nitrogens with zero attached hydrogens (tertiary/aromatic N) is 1. The van der Waals surface area contributed by atoms with Gasteiger partial charge in [0.25, 0.3) is 0 Å². The molecular weight excluding hydrogens is 326 g/mol. The average molecular weight is 347 g/mol. The lowest BCUT2D eigenvalue weighted by molar-refractivity contribution is -0.155. The van der Waals surface area contributed by atoms with Crippen molar-refractivity contribution in [1.29, 1.82) is 0 Å². The van der Waals surface area contributed by atoms with Crippen LogP contribution in [0.25, 0.3) is 10.9 Å². The Morgan fingerprint density at radius 2 is 2.08 bits per heavy atom. The maximum absolute atomic E-state index is 12.5. The lowest BCUT2D eigenvalue weighted by Crippen LogP contribution is -2.27. The van der Waals surface area contributed by atoms with Crippen molar-refractivity contribution in [3.8, 4) is 5.75 Å². The van der Waals surface area contributed by atoms with Gasteiger partial charge in [-0.3, -0.25) is 9.59 Å². The second-order valence-corrected chi connectivity index (χ2v) is 7.84. The zero-order valence-corrected chi connectivity index (χ0v) is 15.2. The number of benzene rings is 1. The van der Waals surface area contributed by atoms with Gasteiger partial charge in [-0.25, -0.2) is 0 Å². The van der Waals surface area contributed by atoms with Crippen LogP contribution in [0.15, 0.2) is 18.2 Å². The van der Waals surface area contributed by atoms with Gasteiger partial charge in [-0.15, -0.1) is 0 Å². The summed E-state index contributed by atoms with van der Waals surface area (Å²) in [6, 6.07) is 5.68. The summed E-state index contributed by atoms with van der Waals surface area (Å²) in [5, 5.41) is 0.983. The summed E-state index contributed by atoms with van der Waals surface area (Å²) in [5.41, 5.74) is 1.92. The molecule has 1 aromatic heterocycles. The van der Waals surface area contributed by atoms with Gasteiger partial charge in [-0.1, -0.05) is 11.8 Å². The molecule has 5 nitrogen and oxygen atoms in total. The molecule has 0 bridgehead atoms. The van der Waals surface area contributed by atoms with Crippen molar-refractivity contribution in [3.05, 3.63) is 29.5 Å². The zero-order chi connectivity index (χ0) is 17.5. The van der Waals surface area contributed by atoms with Gasteiger partial charge < -0.3 is 14.0 Å². The zero-order valence-electron chi connectivity index (χ0n) is 14.3. The van der Waals surface area contributed by atoms with Crippen molar-refractivity contribution >= 4 is 33.7 Å². The highest BCUT2D eigenvalue weighted by Gasteiger charge is 2.28. The van der Waals surface area contributed by atoms with Gasteiger partial charge >= 0.3 is 5.97 Å². The van der Waals surface area contributed by atoms with Gasteiger partial charge in [0.15, 0.2) is 0 Å². The highest BCUT2D eigenvalue weighted by atomic mass is 32.2. The third kappa shape index (κ3) is 3.15. The number of hydrogen-bond acceptors (Lipinski definition) is 5. The molecule has 0 radical (unpaired) electrons. The molecule has 0 atom stereocenters. The van der Waals surface area contributed by atoms with Crippen molar-refractivity contribution in [2.24, 2.45) is 0 Å². The molecule has 0 aliphatic carbocycles. The van der Waals surface area contributed by atoms with Crippen molar-refractivity contribution in [2.75, 3.05) is 12.9 Å². The van der Waals surface area contributed by atoms with Crippen LogP contribution in [0.4, 0.5) is 0 Å². The molecule has 24 heavy (non-hydrogen) atoms. The van der Waals surface area contributed by atoms with E-state index in [0.29, 0.717) is 5.69 Å². The second kappa shape index (κ2) is 6.16. The Bertz CT molecular complexity index is 817. The average Bonchev–Trinajstić information content (AvgIpc) is 2.80. The summed E-state index contributed by atoms with van der Waals surface area (Å²) in [4.78, 5) is 24.8. The highest BCUT2D eigenvalue weighted by Crippen LogP contribution is 2.35. The number of carbonyl (C=O) groups is 2. The van der Waals surface area contributed by atoms with Crippen molar-refractivity contribution in [2.45, 2.75) is 39.3 Å². The Balaban J connectivity index is 2.11. The first-order chi connectivity index (χ1) is 11.3. The monoisotopic (exact) mass is 347 g/mol. The molecule has 0 N–H and O–H groups in total. The van der Waals surface area contributed by atoms with E-state index in [4.69, 9.17) is 9.47 Å². The molecule has 0 fully saturated rings. The van der Waals surface area contributed by atoms with Gasteiger partial charge in [0.1, 0.15) is 23.6 Å². The number of ether oxygens (including phenoxy) is 2. The van der Waals surface area contributed by atoms with Gasteiger partial charge in [0.05, 0.1) is 7.11 Å². The van der Waals surface area contributed by atoms with Crippen molar-refractivity contribution in [3.63, 3.8) is 0 Å². The molecular formula is C18H21NO4S. The summed E-state index contributed by atoms with van der Waals surface area (Å²) in [6.07, 6.45) is 0.802. The lowest BCUT2D eigenvalue weighted by Gasteiger charge is -2.20. The molecule has 1 aliphatic heterocycles. The molecule has 128 valence electrons. The van der Waals surface area contributed by atoms with Crippen LogP contribution in [0, 0.1) is 0 Å². The Morgan fingerprint density at radius 3 is 2.75 bits per heavy atom. The maximum Gasteiger partial charge on any atom is 0.326 e. The van der Waals surface area contributed by atoms with Gasteiger partial charge in [-0.2, -0.15) is 0 Å². The van der Waals surface area contributed by atoms with E-state index >= 15 is 0 Å². The second-order valence-electron chi connectivity index (χ2n) is 6.77. The molecule has 1 aromatic carbocycles. The van der Waals surface area contributed by atoms with E-state index < -0.39 is 5.60 Å². The molecule has 0 saturated carbocycles. The minimum atomic E-state index is -0.553. The summed E-state index contributed by atoms with van der Waals surface area (Å²) in [6.45, 7) is 5.53. The Hall–Kier alpha value is -1.95. The SMILES string of the molecule is COc1ccc2c(c1)c1c(n2CC(=O)OC(C)(C)C)C(=O)SCC1. The van der Waals surface area contributed by atoms with Crippen molar-refractivity contribution in [1.82, 2.24) is 4.57 Å². The summed E-state index contributed by atoms with van der Waals surface area (Å²) >= 11 is 1.30. The first-order valence-corrected chi connectivity index (χ1v) is 8.87. The standard InChI is InChI=1S/C18H21NO4S/c1-18(2,3)23-15(20)10-19-14-6-5-11(22-4)9-13(14)12-7-8-24-17(21)16(12)19/h5-6,9H,7-8,10H2,1-4H3. The lowest BCUT2D eigenvalue weighted by atomic mass is 10.1. The molecule has 2 heterocycles. The highest BCUT2D eigenvalue weighted by molar-refractivity contribution is 8.14. The number of esters is 1. The molecule has 0 amide bonds. The summed E-state index contributed by atoms with van der Waals surface area (Å²) in [7, 11) is 1.62. The first kappa shape index (κ1) is 16.9. The van der Waals surface area contributed by atoms with Crippen LogP contribution in [0.3, 0.4) is 0 Å². The molecule has 1 aliphatic rings. The van der Waals surface area contributed by atoms with Crippen LogP contribution in [0.2, 0.25) is 0 Å². The van der Waals surface area contributed by atoms with Gasteiger partial charge in [-0.05, 0) is 51.0 Å². The smallest absolute Gasteiger partial charge is 0.326 e. The number of carbonyl (C=O) groups excluding carboxylic acids is 2. The Labute approximate surface area is 145 Å². The van der Waals surface area contributed by atoms with Gasteiger partial charge in [0, 0.05) is 16.7 Å². The fourth-order valence-corrected chi connectivity index (χ4v) is 3.86. The number of rotatable bonds is 3. The molecule has 3 rings (SSSR count). The van der Waals surface area contributed by atoms with Crippen molar-refractivity contribution < 1.29 is 19.1 Å². The predicted octanol–water partition coefficient (Wildman–Crippen LogP) is 3.42. The third-order valence-corrected chi connectivity index (χ3v) is 4.72. The first-order valence-electron chi connectivity index (χ1n) is 7.88. The van der Waals surface area contributed by atoms with Crippen LogP contribution in [-0.4, -0.2) is 34.1 Å². The van der Waals surface area contributed by atoms with E-state index in [1.165, 1.54) is 11.8 Å². The minimum absolute atomic E-state index is 0.00924. The van der Waals surface area contributed by atoms with Crippen LogP contribution in [0.1, 0.15) is 36.8 Å². The maximum atomic E-state index is 12.5. The topological polar surface area (TPSA) is 57.5 Å². The Morgan fingerprint density at radius 1 is 1.33 bits per heavy atom. The Kier molecular flexibility index (Phi) is 4.34.